The topological polar surface area (TPSA) is 20.2 Å². The molecular weight excluding hydrogens is 365 g/mol. The van der Waals surface area contributed by atoms with E-state index in [2.05, 4.69) is 0 Å². The smallest absolute Gasteiger partial charge is 0.374 e. The van der Waals surface area contributed by atoms with Crippen molar-refractivity contribution in [3.05, 3.63) is 24.3 Å². The van der Waals surface area contributed by atoms with Gasteiger partial charge in [0.05, 0.1) is 0 Å². The molecule has 100 valence electrons. The summed E-state index contributed by atoms with van der Waals surface area (Å²) >= 11 is 0.773. The molecule has 0 aromatic rings. The van der Waals surface area contributed by atoms with Crippen LogP contribution in [0.3, 0.4) is 0 Å². The standard InChI is InChI=1S/C9H9F6IO/c10-5-6(11)3-1-2-4-8(17,7(12)16)9(13,14)15/h1-4,6-7,17H,5H2. The van der Waals surface area contributed by atoms with Gasteiger partial charge in [-0.3, -0.25) is 0 Å². The highest BCUT2D eigenvalue weighted by molar-refractivity contribution is 14.1. The van der Waals surface area contributed by atoms with Crippen molar-refractivity contribution >= 4 is 22.6 Å². The molecule has 0 saturated heterocycles. The summed E-state index contributed by atoms with van der Waals surface area (Å²) in [5.74, 6) is 0. The van der Waals surface area contributed by atoms with Crippen molar-refractivity contribution in [1.29, 1.82) is 0 Å². The van der Waals surface area contributed by atoms with Crippen molar-refractivity contribution in [2.24, 2.45) is 0 Å². The molecule has 0 aliphatic carbocycles. The maximum atomic E-state index is 12.7. The van der Waals surface area contributed by atoms with Crippen LogP contribution in [0.2, 0.25) is 0 Å². The number of hydrogen-bond acceptors (Lipinski definition) is 1. The van der Waals surface area contributed by atoms with Crippen molar-refractivity contribution in [2.75, 3.05) is 6.67 Å². The lowest BCUT2D eigenvalue weighted by atomic mass is 10.1. The molecule has 0 saturated carbocycles. The van der Waals surface area contributed by atoms with E-state index in [4.69, 9.17) is 5.11 Å². The predicted molar refractivity (Wildman–Crippen MR) is 59.1 cm³/mol. The van der Waals surface area contributed by atoms with Gasteiger partial charge in [-0.15, -0.1) is 0 Å². The van der Waals surface area contributed by atoms with Crippen LogP contribution in [-0.4, -0.2) is 33.9 Å². The molecular formula is C9H9F6IO. The predicted octanol–water partition coefficient (Wildman–Crippen LogP) is 3.43. The highest BCUT2D eigenvalue weighted by Gasteiger charge is 2.57. The zero-order valence-corrected chi connectivity index (χ0v) is 10.4. The number of rotatable bonds is 5. The molecule has 0 rings (SSSR count). The van der Waals surface area contributed by atoms with E-state index in [0.717, 1.165) is 28.7 Å². The molecule has 3 atom stereocenters. The minimum atomic E-state index is -5.20. The second-order valence-corrected chi connectivity index (χ2v) is 4.13. The molecule has 0 fully saturated rings. The molecule has 0 aromatic heterocycles. The number of alkyl halides is 7. The Morgan fingerprint density at radius 2 is 1.71 bits per heavy atom. The monoisotopic (exact) mass is 374 g/mol. The summed E-state index contributed by atoms with van der Waals surface area (Å²) in [6.07, 6.45) is -4.98. The van der Waals surface area contributed by atoms with Crippen LogP contribution in [0.1, 0.15) is 0 Å². The van der Waals surface area contributed by atoms with Gasteiger partial charge in [-0.1, -0.05) is 12.2 Å². The molecule has 0 aliphatic heterocycles. The van der Waals surface area contributed by atoms with Gasteiger partial charge in [0.25, 0.3) is 0 Å². The zero-order chi connectivity index (χ0) is 13.7. The summed E-state index contributed by atoms with van der Waals surface area (Å²) in [4.78, 5) is 0. The molecule has 0 amide bonds. The van der Waals surface area contributed by atoms with Gasteiger partial charge >= 0.3 is 6.18 Å². The quantitative estimate of drug-likeness (QED) is 0.339. The molecule has 17 heavy (non-hydrogen) atoms. The summed E-state index contributed by atoms with van der Waals surface area (Å²) in [5.41, 5.74) is -3.65. The van der Waals surface area contributed by atoms with Crippen molar-refractivity contribution in [3.8, 4) is 0 Å². The second kappa shape index (κ2) is 6.62. The molecule has 1 nitrogen and oxygen atoms in total. The highest BCUT2D eigenvalue weighted by atomic mass is 127. The molecule has 3 unspecified atom stereocenters. The van der Waals surface area contributed by atoms with Crippen molar-refractivity contribution in [2.45, 2.75) is 22.1 Å². The summed E-state index contributed by atoms with van der Waals surface area (Å²) in [7, 11) is 0. The largest absolute Gasteiger partial charge is 0.424 e. The van der Waals surface area contributed by atoms with Crippen molar-refractivity contribution in [1.82, 2.24) is 0 Å². The Balaban J connectivity index is 4.80. The van der Waals surface area contributed by atoms with Crippen LogP contribution in [0.25, 0.3) is 0 Å². The number of hydrogen-bond donors (Lipinski definition) is 1. The van der Waals surface area contributed by atoms with E-state index in [1.54, 1.807) is 0 Å². The summed E-state index contributed by atoms with van der Waals surface area (Å²) in [6.45, 7) is -1.31. The zero-order valence-electron chi connectivity index (χ0n) is 8.26. The van der Waals surface area contributed by atoms with Gasteiger partial charge < -0.3 is 5.11 Å². The first-order chi connectivity index (χ1) is 7.65. The van der Waals surface area contributed by atoms with Crippen LogP contribution in [0.15, 0.2) is 24.3 Å². The maximum Gasteiger partial charge on any atom is 0.424 e. The van der Waals surface area contributed by atoms with E-state index in [1.807, 2.05) is 0 Å². The molecule has 0 bridgehead atoms. The SMILES string of the molecule is OC(C=CC=CC(F)CF)(C(F)I)C(F)(F)F. The van der Waals surface area contributed by atoms with E-state index >= 15 is 0 Å². The molecule has 0 spiro atoms. The van der Waals surface area contributed by atoms with Crippen molar-refractivity contribution < 1.29 is 31.4 Å². The average Bonchev–Trinajstić information content (AvgIpc) is 2.21. The first kappa shape index (κ1) is 16.8. The lowest BCUT2D eigenvalue weighted by molar-refractivity contribution is -0.246. The third kappa shape index (κ3) is 4.86. The summed E-state index contributed by atoms with van der Waals surface area (Å²) < 4.78 is 70.9. The second-order valence-electron chi connectivity index (χ2n) is 3.04. The van der Waals surface area contributed by atoms with Gasteiger partial charge in [-0.25, -0.2) is 13.2 Å². The van der Waals surface area contributed by atoms with Gasteiger partial charge in [-0.2, -0.15) is 13.2 Å². The van der Waals surface area contributed by atoms with E-state index < -0.39 is 28.8 Å². The summed E-state index contributed by atoms with van der Waals surface area (Å²) in [6, 6.07) is 0. The first-order valence-electron chi connectivity index (χ1n) is 4.28. The Morgan fingerprint density at radius 1 is 1.18 bits per heavy atom. The van der Waals surface area contributed by atoms with Crippen LogP contribution in [-0.2, 0) is 0 Å². The van der Waals surface area contributed by atoms with Crippen LogP contribution in [0.4, 0.5) is 26.3 Å². The molecule has 0 radical (unpaired) electrons. The van der Waals surface area contributed by atoms with Crippen LogP contribution in [0.5, 0.6) is 0 Å². The number of halogens is 7. The van der Waals surface area contributed by atoms with Crippen molar-refractivity contribution in [3.63, 3.8) is 0 Å². The van der Waals surface area contributed by atoms with Crippen LogP contribution >= 0.6 is 22.6 Å². The lowest BCUT2D eigenvalue weighted by Gasteiger charge is -2.27. The fourth-order valence-corrected chi connectivity index (χ4v) is 1.29. The lowest BCUT2D eigenvalue weighted by Crippen LogP contribution is -2.48. The van der Waals surface area contributed by atoms with E-state index in [-0.39, 0.29) is 6.08 Å². The highest BCUT2D eigenvalue weighted by Crippen LogP contribution is 2.38. The van der Waals surface area contributed by atoms with Gasteiger partial charge in [0.1, 0.15) is 12.8 Å². The third-order valence-corrected chi connectivity index (χ3v) is 2.67. The molecule has 8 heteroatoms. The Morgan fingerprint density at radius 3 is 2.06 bits per heavy atom. The molecule has 0 aliphatic rings. The first-order valence-corrected chi connectivity index (χ1v) is 5.53. The average molecular weight is 374 g/mol. The molecule has 0 heterocycles. The third-order valence-electron chi connectivity index (χ3n) is 1.72. The number of allylic oxidation sites excluding steroid dienone is 3. The van der Waals surface area contributed by atoms with Gasteiger partial charge in [-0.05, 0) is 34.7 Å². The normalized spacial score (nSPS) is 20.7. The molecule has 1 N–H and O–H groups in total. The van der Waals surface area contributed by atoms with Gasteiger partial charge in [0, 0.05) is 0 Å². The van der Waals surface area contributed by atoms with Gasteiger partial charge in [0.15, 0.2) is 4.18 Å². The van der Waals surface area contributed by atoms with Crippen LogP contribution in [0, 0.1) is 0 Å². The Kier molecular flexibility index (Phi) is 6.52. The van der Waals surface area contributed by atoms with E-state index in [0.29, 0.717) is 12.2 Å². The fraction of sp³-hybridized carbons (Fsp3) is 0.556. The fourth-order valence-electron chi connectivity index (χ4n) is 0.729. The minimum absolute atomic E-state index is 0.144. The Hall–Kier alpha value is -0.250. The maximum absolute atomic E-state index is 12.7. The Labute approximate surface area is 107 Å². The minimum Gasteiger partial charge on any atom is -0.374 e. The van der Waals surface area contributed by atoms with Gasteiger partial charge in [0.2, 0.25) is 5.60 Å². The van der Waals surface area contributed by atoms with E-state index in [9.17, 15) is 26.3 Å². The van der Waals surface area contributed by atoms with E-state index in [1.165, 1.54) is 0 Å². The van der Waals surface area contributed by atoms with Crippen LogP contribution < -0.4 is 0 Å². The number of aliphatic hydroxyl groups is 1. The Bertz CT molecular complexity index is 288. The summed E-state index contributed by atoms with van der Waals surface area (Å²) in [5, 5.41) is 9.05. The molecule has 0 aromatic carbocycles.